The molecule has 0 saturated heterocycles. The lowest BCUT2D eigenvalue weighted by Crippen LogP contribution is -2.22. The van der Waals surface area contributed by atoms with Crippen molar-refractivity contribution in [1.29, 1.82) is 0 Å². The quantitative estimate of drug-likeness (QED) is 0.192. The Labute approximate surface area is 145 Å². The molecule has 0 saturated carbocycles. The van der Waals surface area contributed by atoms with Gasteiger partial charge in [0, 0.05) is 13.8 Å². The highest BCUT2D eigenvalue weighted by atomic mass is 16.6. The van der Waals surface area contributed by atoms with Crippen LogP contribution >= 0.6 is 0 Å². The van der Waals surface area contributed by atoms with E-state index in [4.69, 9.17) is 30.3 Å². The maximum atomic E-state index is 10.6. The van der Waals surface area contributed by atoms with Crippen molar-refractivity contribution in [3.63, 3.8) is 0 Å². The van der Waals surface area contributed by atoms with Crippen molar-refractivity contribution >= 4 is 41.6 Å². The van der Waals surface area contributed by atoms with Gasteiger partial charge < -0.3 is 30.3 Å². The summed E-state index contributed by atoms with van der Waals surface area (Å²) in [5.74, 6) is -8.03. The third-order valence-corrected chi connectivity index (χ3v) is 1.69. The standard InChI is InChI=1S/C7H8O6.C4H6O5.C2H4O2/c1-4(8)7(12)13-6(11)3-2-5(9)10;5-2(4(8)9)1-3(6)7;1-2(3)4/h2-3H2,1H3,(H,9,10);2,5H,1H2,(H,6,7)(H,8,9);1H3,(H,3,4). The lowest BCUT2D eigenvalue weighted by Gasteiger charge is -1.97. The van der Waals surface area contributed by atoms with E-state index in [0.29, 0.717) is 0 Å². The Bertz CT molecular complexity index is 544. The van der Waals surface area contributed by atoms with Crippen molar-refractivity contribution < 1.29 is 63.8 Å². The zero-order valence-corrected chi connectivity index (χ0v) is 13.7. The maximum absolute atomic E-state index is 10.6. The molecule has 0 aromatic rings. The van der Waals surface area contributed by atoms with Crippen molar-refractivity contribution in [3.05, 3.63) is 0 Å². The van der Waals surface area contributed by atoms with Crippen molar-refractivity contribution in [3.8, 4) is 0 Å². The molecule has 0 aliphatic carbocycles. The van der Waals surface area contributed by atoms with Gasteiger partial charge in [0.05, 0.1) is 19.3 Å². The highest BCUT2D eigenvalue weighted by Crippen LogP contribution is 1.93. The summed E-state index contributed by atoms with van der Waals surface area (Å²) in [7, 11) is 0. The minimum atomic E-state index is -1.79. The van der Waals surface area contributed by atoms with Crippen LogP contribution in [0.2, 0.25) is 0 Å². The van der Waals surface area contributed by atoms with Crippen LogP contribution in [0.3, 0.4) is 0 Å². The van der Waals surface area contributed by atoms with Crippen LogP contribution < -0.4 is 0 Å². The monoisotopic (exact) mass is 382 g/mol. The summed E-state index contributed by atoms with van der Waals surface area (Å²) in [4.78, 5) is 69.7. The van der Waals surface area contributed by atoms with Gasteiger partial charge in [-0.2, -0.15) is 0 Å². The molecule has 13 heteroatoms. The molecule has 0 amide bonds. The third kappa shape index (κ3) is 25.6. The van der Waals surface area contributed by atoms with Gasteiger partial charge in [0.1, 0.15) is 0 Å². The van der Waals surface area contributed by atoms with Crippen LogP contribution in [0.25, 0.3) is 0 Å². The lowest BCUT2D eigenvalue weighted by molar-refractivity contribution is -0.164. The maximum Gasteiger partial charge on any atom is 0.381 e. The third-order valence-electron chi connectivity index (χ3n) is 1.69. The molecular formula is C13H18O13. The summed E-state index contributed by atoms with van der Waals surface area (Å²) in [5.41, 5.74) is 0. The van der Waals surface area contributed by atoms with E-state index in [-0.39, 0.29) is 0 Å². The molecule has 0 aromatic heterocycles. The number of carboxylic acid groups (broad SMARTS) is 4. The molecule has 0 aliphatic rings. The molecule has 13 nitrogen and oxygen atoms in total. The highest BCUT2D eigenvalue weighted by Gasteiger charge is 2.16. The number of aliphatic hydroxyl groups excluding tert-OH is 1. The minimum Gasteiger partial charge on any atom is -0.481 e. The van der Waals surface area contributed by atoms with Gasteiger partial charge in [-0.25, -0.2) is 9.59 Å². The SMILES string of the molecule is CC(=O)C(=O)OC(=O)CCC(=O)O.CC(=O)O.O=C(O)CC(O)C(=O)O. The topological polar surface area (TPSA) is 230 Å². The van der Waals surface area contributed by atoms with E-state index in [1.807, 2.05) is 0 Å². The molecule has 0 fully saturated rings. The fraction of sp³-hybridized carbons (Fsp3) is 0.462. The molecule has 26 heavy (non-hydrogen) atoms. The Kier molecular flexibility index (Phi) is 16.1. The molecule has 0 bridgehead atoms. The second-order valence-electron chi connectivity index (χ2n) is 4.18. The Hall–Kier alpha value is -3.35. The summed E-state index contributed by atoms with van der Waals surface area (Å²) in [6.07, 6.45) is -3.39. The van der Waals surface area contributed by atoms with E-state index < -0.39 is 67.0 Å². The van der Waals surface area contributed by atoms with E-state index in [0.717, 1.165) is 13.8 Å². The first-order chi connectivity index (χ1) is 11.7. The lowest BCUT2D eigenvalue weighted by atomic mass is 10.3. The number of rotatable bonds is 7. The number of carboxylic acids is 4. The van der Waals surface area contributed by atoms with Gasteiger partial charge in [0.25, 0.3) is 5.97 Å². The van der Waals surface area contributed by atoms with Gasteiger partial charge in [0.2, 0.25) is 5.78 Å². The van der Waals surface area contributed by atoms with Crippen LogP contribution in [0.1, 0.15) is 33.1 Å². The number of hydrogen-bond donors (Lipinski definition) is 5. The van der Waals surface area contributed by atoms with E-state index in [1.54, 1.807) is 0 Å². The Balaban J connectivity index is -0.000000352. The summed E-state index contributed by atoms with van der Waals surface area (Å²) >= 11 is 0. The second kappa shape index (κ2) is 15.2. The first-order valence-electron chi connectivity index (χ1n) is 6.50. The summed E-state index contributed by atoms with van der Waals surface area (Å²) in [5, 5.41) is 39.7. The predicted molar refractivity (Wildman–Crippen MR) is 77.9 cm³/mol. The van der Waals surface area contributed by atoms with Gasteiger partial charge in [-0.05, 0) is 0 Å². The normalized spacial score (nSPS) is 9.81. The number of hydrogen-bond acceptors (Lipinski definition) is 9. The largest absolute Gasteiger partial charge is 0.481 e. The van der Waals surface area contributed by atoms with Crippen LogP contribution in [-0.4, -0.2) is 73.2 Å². The van der Waals surface area contributed by atoms with E-state index in [2.05, 4.69) is 4.74 Å². The number of Topliss-reactive ketones (excluding diaryl/α,β-unsaturated/α-hetero) is 1. The van der Waals surface area contributed by atoms with Crippen LogP contribution in [-0.2, 0) is 38.3 Å². The van der Waals surface area contributed by atoms with Crippen molar-refractivity contribution in [1.82, 2.24) is 0 Å². The van der Waals surface area contributed by atoms with Crippen LogP contribution in [0, 0.1) is 0 Å². The van der Waals surface area contributed by atoms with E-state index in [1.165, 1.54) is 0 Å². The molecule has 0 heterocycles. The fourth-order valence-electron chi connectivity index (χ4n) is 0.688. The van der Waals surface area contributed by atoms with E-state index in [9.17, 15) is 28.8 Å². The number of ketones is 1. The van der Waals surface area contributed by atoms with Gasteiger partial charge in [-0.3, -0.25) is 24.0 Å². The second-order valence-corrected chi connectivity index (χ2v) is 4.18. The van der Waals surface area contributed by atoms with Gasteiger partial charge in [-0.1, -0.05) is 0 Å². The number of ether oxygens (including phenoxy) is 1. The molecule has 0 aliphatic heterocycles. The highest BCUT2D eigenvalue weighted by molar-refractivity contribution is 6.34. The molecule has 1 unspecified atom stereocenters. The molecule has 0 aromatic carbocycles. The number of aliphatic carboxylic acids is 4. The average molecular weight is 382 g/mol. The van der Waals surface area contributed by atoms with Gasteiger partial charge in [0.15, 0.2) is 6.10 Å². The average Bonchev–Trinajstić information content (AvgIpc) is 2.44. The first kappa shape index (κ1) is 27.5. The molecule has 5 N–H and O–H groups in total. The summed E-state index contributed by atoms with van der Waals surface area (Å²) in [6, 6.07) is 0. The Morgan fingerprint density at radius 3 is 1.46 bits per heavy atom. The van der Waals surface area contributed by atoms with Crippen molar-refractivity contribution in [2.24, 2.45) is 0 Å². The number of carbonyl (C=O) groups excluding carboxylic acids is 3. The summed E-state index contributed by atoms with van der Waals surface area (Å²) < 4.78 is 3.97. The first-order valence-corrected chi connectivity index (χ1v) is 6.50. The number of carbonyl (C=O) groups is 7. The van der Waals surface area contributed by atoms with Gasteiger partial charge >= 0.3 is 29.8 Å². The Morgan fingerprint density at radius 1 is 0.808 bits per heavy atom. The van der Waals surface area contributed by atoms with Crippen molar-refractivity contribution in [2.45, 2.75) is 39.2 Å². The predicted octanol–water partition coefficient (Wildman–Crippen LogP) is -1.49. The summed E-state index contributed by atoms with van der Waals surface area (Å²) in [6.45, 7) is 2.03. The van der Waals surface area contributed by atoms with E-state index >= 15 is 0 Å². The Morgan fingerprint density at radius 2 is 1.23 bits per heavy atom. The molecule has 1 atom stereocenters. The molecule has 0 rings (SSSR count). The number of esters is 2. The van der Waals surface area contributed by atoms with Crippen molar-refractivity contribution in [2.75, 3.05) is 0 Å². The zero-order valence-electron chi connectivity index (χ0n) is 13.7. The fourth-order valence-corrected chi connectivity index (χ4v) is 0.688. The minimum absolute atomic E-state index is 0.422. The molecular weight excluding hydrogens is 364 g/mol. The molecule has 0 spiro atoms. The van der Waals surface area contributed by atoms with Gasteiger partial charge in [-0.15, -0.1) is 0 Å². The molecule has 0 radical (unpaired) electrons. The smallest absolute Gasteiger partial charge is 0.381 e. The van der Waals surface area contributed by atoms with Crippen LogP contribution in [0.5, 0.6) is 0 Å². The zero-order chi connectivity index (χ0) is 21.4. The van der Waals surface area contributed by atoms with Crippen LogP contribution in [0.15, 0.2) is 0 Å². The number of aliphatic hydroxyl groups is 1. The molecule has 148 valence electrons. The van der Waals surface area contributed by atoms with Crippen LogP contribution in [0.4, 0.5) is 0 Å².